The molecule has 0 spiro atoms. The van der Waals surface area contributed by atoms with Gasteiger partial charge in [-0.2, -0.15) is 0 Å². The lowest BCUT2D eigenvalue weighted by molar-refractivity contribution is -0.279. The van der Waals surface area contributed by atoms with E-state index in [-0.39, 0.29) is 28.6 Å². The topological polar surface area (TPSA) is 118 Å². The largest absolute Gasteiger partial charge is 0.481 e. The van der Waals surface area contributed by atoms with Crippen molar-refractivity contribution in [1.29, 1.82) is 0 Å². The summed E-state index contributed by atoms with van der Waals surface area (Å²) in [5.74, 6) is -1.10. The van der Waals surface area contributed by atoms with Crippen LogP contribution in [0.1, 0.15) is 93.4 Å². The molecule has 0 amide bonds. The van der Waals surface area contributed by atoms with Crippen molar-refractivity contribution in [2.45, 2.75) is 117 Å². The number of aliphatic hydroxyl groups excluding tert-OH is 3. The summed E-state index contributed by atoms with van der Waals surface area (Å²) in [4.78, 5) is 12.8. The molecule has 5 N–H and O–H groups in total. The number of rotatable bonds is 1. The molecule has 36 heavy (non-hydrogen) atoms. The Labute approximate surface area is 216 Å². The third kappa shape index (κ3) is 2.80. The molecule has 1 unspecified atom stereocenters. The van der Waals surface area contributed by atoms with Gasteiger partial charge in [-0.15, -0.1) is 0 Å². The van der Waals surface area contributed by atoms with Crippen LogP contribution in [0, 0.1) is 50.7 Å². The summed E-state index contributed by atoms with van der Waals surface area (Å²) < 4.78 is 0. The van der Waals surface area contributed by atoms with Gasteiger partial charge in [-0.25, -0.2) is 0 Å². The van der Waals surface area contributed by atoms with Crippen molar-refractivity contribution in [3.63, 3.8) is 0 Å². The third-order valence-corrected chi connectivity index (χ3v) is 13.6. The van der Waals surface area contributed by atoms with Crippen molar-refractivity contribution in [3.05, 3.63) is 11.6 Å². The van der Waals surface area contributed by atoms with Crippen LogP contribution >= 0.6 is 0 Å². The zero-order chi connectivity index (χ0) is 26.9. The number of aliphatic hydroxyl groups is 4. The van der Waals surface area contributed by atoms with Crippen molar-refractivity contribution in [1.82, 2.24) is 0 Å². The van der Waals surface area contributed by atoms with Gasteiger partial charge >= 0.3 is 5.97 Å². The van der Waals surface area contributed by atoms with Crippen LogP contribution < -0.4 is 0 Å². The molecule has 6 nitrogen and oxygen atoms in total. The summed E-state index contributed by atoms with van der Waals surface area (Å²) in [5.41, 5.74) is -2.63. The number of carboxylic acids is 1. The lowest BCUT2D eigenvalue weighted by atomic mass is 9.32. The molecule has 0 aromatic rings. The Morgan fingerprint density at radius 3 is 2.14 bits per heavy atom. The molecule has 6 heteroatoms. The summed E-state index contributed by atoms with van der Waals surface area (Å²) in [7, 11) is 0. The average molecular weight is 505 g/mol. The number of hydrogen-bond donors (Lipinski definition) is 5. The zero-order valence-corrected chi connectivity index (χ0v) is 23.2. The summed E-state index contributed by atoms with van der Waals surface area (Å²) in [5, 5.41) is 55.9. The Morgan fingerprint density at radius 2 is 1.53 bits per heavy atom. The van der Waals surface area contributed by atoms with Gasteiger partial charge in [-0.3, -0.25) is 4.79 Å². The van der Waals surface area contributed by atoms with Crippen LogP contribution in [0.5, 0.6) is 0 Å². The Balaban J connectivity index is 1.67. The maximum absolute atomic E-state index is 12.8. The van der Waals surface area contributed by atoms with Crippen molar-refractivity contribution in [2.24, 2.45) is 50.7 Å². The molecule has 0 aromatic heterocycles. The summed E-state index contributed by atoms with van der Waals surface area (Å²) >= 11 is 0. The molecule has 0 aromatic carbocycles. The van der Waals surface area contributed by atoms with Crippen LogP contribution in [0.2, 0.25) is 0 Å². The van der Waals surface area contributed by atoms with Gasteiger partial charge in [-0.1, -0.05) is 53.2 Å². The van der Waals surface area contributed by atoms with Gasteiger partial charge in [-0.05, 0) is 85.9 Å². The smallest absolute Gasteiger partial charge is 0.310 e. The molecule has 0 radical (unpaired) electrons. The fourth-order valence-electron chi connectivity index (χ4n) is 10.9. The maximum atomic E-state index is 12.8. The number of aliphatic carboxylic acids is 1. The maximum Gasteiger partial charge on any atom is 0.310 e. The lowest BCUT2D eigenvalue weighted by Gasteiger charge is -2.72. The molecule has 204 valence electrons. The highest BCUT2D eigenvalue weighted by Crippen LogP contribution is 2.76. The summed E-state index contributed by atoms with van der Waals surface area (Å²) in [6.07, 6.45) is 4.02. The minimum atomic E-state index is -1.20. The molecule has 4 saturated carbocycles. The van der Waals surface area contributed by atoms with Crippen LogP contribution in [0.25, 0.3) is 0 Å². The standard InChI is InChI=1S/C30H48O6/c1-16-10-13-30(24(34)35)15-14-26(4)17(21(30)29(16,7)36)8-9-19-27(26,5)12-11-18-25(2,3)22(32)20(31)23(33)28(18,19)6/h8,16,18-23,31-33,36H,9-15H2,1-7H3,(H,34,35)/t16-,18?,19+,20+,21-,22-,23-,26-,27-,28+,29-,30+/m1/s1. The van der Waals surface area contributed by atoms with Gasteiger partial charge < -0.3 is 25.5 Å². The molecule has 5 aliphatic carbocycles. The van der Waals surface area contributed by atoms with Gasteiger partial charge in [0, 0.05) is 11.3 Å². The van der Waals surface area contributed by atoms with E-state index in [1.807, 2.05) is 27.7 Å². The van der Waals surface area contributed by atoms with Crippen molar-refractivity contribution in [3.8, 4) is 0 Å². The molecule has 5 rings (SSSR count). The van der Waals surface area contributed by atoms with Crippen molar-refractivity contribution in [2.75, 3.05) is 0 Å². The van der Waals surface area contributed by atoms with E-state index in [0.29, 0.717) is 25.7 Å². The zero-order valence-electron chi connectivity index (χ0n) is 23.2. The summed E-state index contributed by atoms with van der Waals surface area (Å²) in [6, 6.07) is 0. The minimum absolute atomic E-state index is 0.00890. The Kier molecular flexibility index (Phi) is 5.61. The van der Waals surface area contributed by atoms with Gasteiger partial charge in [0.2, 0.25) is 0 Å². The molecule has 0 saturated heterocycles. The van der Waals surface area contributed by atoms with Crippen LogP contribution in [0.15, 0.2) is 11.6 Å². The quantitative estimate of drug-likeness (QED) is 0.343. The third-order valence-electron chi connectivity index (χ3n) is 13.6. The SMILES string of the molecule is C[C@@H]1CC[C@]2(C(=O)O)CC[C@]3(C)C(=CC[C@@H]4[C@]5(C)C(CC[C@]43C)C(C)(C)[C@H](O)[C@H](O)[C@H]5O)[C@@H]2[C@]1(C)O. The molecule has 12 atom stereocenters. The number of carbonyl (C=O) groups is 1. The van der Waals surface area contributed by atoms with Crippen molar-refractivity contribution >= 4 is 5.97 Å². The number of hydrogen-bond acceptors (Lipinski definition) is 5. The molecule has 5 aliphatic rings. The van der Waals surface area contributed by atoms with E-state index in [4.69, 9.17) is 0 Å². The van der Waals surface area contributed by atoms with Gasteiger partial charge in [0.05, 0.1) is 23.2 Å². The summed E-state index contributed by atoms with van der Waals surface area (Å²) in [6.45, 7) is 14.7. The second kappa shape index (κ2) is 7.58. The van der Waals surface area contributed by atoms with Crippen molar-refractivity contribution < 1.29 is 30.3 Å². The molecule has 0 heterocycles. The molecule has 0 bridgehead atoms. The van der Waals surface area contributed by atoms with Crippen LogP contribution in [0.3, 0.4) is 0 Å². The first-order chi connectivity index (χ1) is 16.4. The molecular weight excluding hydrogens is 456 g/mol. The second-order valence-electron chi connectivity index (χ2n) is 14.9. The first-order valence-electron chi connectivity index (χ1n) is 14.1. The van der Waals surface area contributed by atoms with Gasteiger partial charge in [0.25, 0.3) is 0 Å². The normalized spacial score (nSPS) is 58.0. The molecule has 4 fully saturated rings. The van der Waals surface area contributed by atoms with Crippen LogP contribution in [-0.2, 0) is 4.79 Å². The lowest BCUT2D eigenvalue weighted by Crippen LogP contribution is -2.72. The first-order valence-corrected chi connectivity index (χ1v) is 14.1. The van der Waals surface area contributed by atoms with E-state index in [2.05, 4.69) is 26.8 Å². The highest BCUT2D eigenvalue weighted by molar-refractivity contribution is 5.77. The number of carboxylic acid groups (broad SMARTS) is 1. The number of fused-ring (bicyclic) bond motifs is 7. The van der Waals surface area contributed by atoms with E-state index in [9.17, 15) is 30.3 Å². The van der Waals surface area contributed by atoms with E-state index in [1.54, 1.807) is 0 Å². The Hall–Kier alpha value is -0.950. The van der Waals surface area contributed by atoms with Gasteiger partial charge in [0.15, 0.2) is 0 Å². The fraction of sp³-hybridized carbons (Fsp3) is 0.900. The Bertz CT molecular complexity index is 986. The van der Waals surface area contributed by atoms with E-state index < -0.39 is 52.0 Å². The Morgan fingerprint density at radius 1 is 0.889 bits per heavy atom. The minimum Gasteiger partial charge on any atom is -0.481 e. The van der Waals surface area contributed by atoms with Gasteiger partial charge in [0.1, 0.15) is 6.10 Å². The van der Waals surface area contributed by atoms with Crippen LogP contribution in [-0.4, -0.2) is 55.4 Å². The van der Waals surface area contributed by atoms with Crippen LogP contribution in [0.4, 0.5) is 0 Å². The number of allylic oxidation sites excluding steroid dienone is 1. The van der Waals surface area contributed by atoms with E-state index in [1.165, 1.54) is 0 Å². The predicted molar refractivity (Wildman–Crippen MR) is 137 cm³/mol. The second-order valence-corrected chi connectivity index (χ2v) is 14.9. The van der Waals surface area contributed by atoms with E-state index >= 15 is 0 Å². The predicted octanol–water partition coefficient (Wildman–Crippen LogP) is 4.15. The molecule has 0 aliphatic heterocycles. The highest BCUT2D eigenvalue weighted by Gasteiger charge is 2.73. The monoisotopic (exact) mass is 504 g/mol. The first kappa shape index (κ1) is 26.6. The highest BCUT2D eigenvalue weighted by atomic mass is 16.4. The fourth-order valence-corrected chi connectivity index (χ4v) is 10.9. The van der Waals surface area contributed by atoms with E-state index in [0.717, 1.165) is 24.8 Å². The molecular formula is C30H48O6. The average Bonchev–Trinajstić information content (AvgIpc) is 2.79.